The van der Waals surface area contributed by atoms with Gasteiger partial charge in [-0.15, -0.1) is 11.3 Å². The maximum Gasteiger partial charge on any atom is 0.239 e. The lowest BCUT2D eigenvalue weighted by Gasteiger charge is -2.27. The third kappa shape index (κ3) is 3.89. The van der Waals surface area contributed by atoms with E-state index in [4.69, 9.17) is 4.52 Å². The number of aryl methyl sites for hydroxylation is 2. The van der Waals surface area contributed by atoms with Crippen molar-refractivity contribution >= 4 is 23.1 Å². The number of thiazole rings is 1. The van der Waals surface area contributed by atoms with Gasteiger partial charge in [0.2, 0.25) is 5.91 Å². The van der Waals surface area contributed by atoms with Crippen LogP contribution in [0.2, 0.25) is 0 Å². The molecule has 2 aromatic heterocycles. The van der Waals surface area contributed by atoms with Crippen LogP contribution in [0.25, 0.3) is 0 Å². The van der Waals surface area contributed by atoms with Crippen molar-refractivity contribution in [2.24, 2.45) is 0 Å². The maximum absolute atomic E-state index is 11.9. The van der Waals surface area contributed by atoms with Gasteiger partial charge in [-0.05, 0) is 27.2 Å². The van der Waals surface area contributed by atoms with Crippen molar-refractivity contribution in [3.8, 4) is 0 Å². The van der Waals surface area contributed by atoms with Crippen molar-refractivity contribution < 1.29 is 9.32 Å². The molecule has 0 unspecified atom stereocenters. The zero-order valence-corrected chi connectivity index (χ0v) is 13.5. The summed E-state index contributed by atoms with van der Waals surface area (Å²) in [7, 11) is 0. The van der Waals surface area contributed by atoms with Crippen molar-refractivity contribution in [3.05, 3.63) is 27.9 Å². The molecule has 2 N–H and O–H groups in total. The van der Waals surface area contributed by atoms with Gasteiger partial charge < -0.3 is 9.84 Å². The van der Waals surface area contributed by atoms with E-state index < -0.39 is 0 Å². The molecule has 0 saturated carbocycles. The summed E-state index contributed by atoms with van der Waals surface area (Å²) < 4.78 is 4.91. The van der Waals surface area contributed by atoms with Gasteiger partial charge in [0.1, 0.15) is 10.8 Å². The first-order valence-electron chi connectivity index (χ1n) is 6.84. The number of hydrogen-bond donors (Lipinski definition) is 2. The highest BCUT2D eigenvalue weighted by atomic mass is 32.1. The number of aromatic nitrogens is 2. The van der Waals surface area contributed by atoms with Crippen LogP contribution in [0.1, 0.15) is 36.7 Å². The molecule has 0 spiro atoms. The van der Waals surface area contributed by atoms with E-state index in [1.54, 1.807) is 24.3 Å². The molecule has 0 saturated heterocycles. The van der Waals surface area contributed by atoms with Gasteiger partial charge in [0.15, 0.2) is 5.82 Å². The first-order chi connectivity index (χ1) is 9.93. The fourth-order valence-electron chi connectivity index (χ4n) is 1.85. The monoisotopic (exact) mass is 308 g/mol. The Balaban J connectivity index is 1.95. The summed E-state index contributed by atoms with van der Waals surface area (Å²) in [5.74, 6) is 0.939. The molecule has 0 fully saturated rings. The van der Waals surface area contributed by atoms with Gasteiger partial charge >= 0.3 is 0 Å². The van der Waals surface area contributed by atoms with Crippen LogP contribution in [-0.4, -0.2) is 22.6 Å². The van der Waals surface area contributed by atoms with Crippen LogP contribution >= 0.6 is 11.3 Å². The van der Waals surface area contributed by atoms with Crippen LogP contribution in [0.5, 0.6) is 0 Å². The number of carbonyl (C=O) groups is 1. The summed E-state index contributed by atoms with van der Waals surface area (Å²) in [6.45, 7) is 8.06. The van der Waals surface area contributed by atoms with Gasteiger partial charge in [0.25, 0.3) is 0 Å². The SMILES string of the molecule is CC[C@@](C)(NCC(=O)Nc1cc(C)on1)c1nc(C)cs1. The highest BCUT2D eigenvalue weighted by Crippen LogP contribution is 2.27. The summed E-state index contributed by atoms with van der Waals surface area (Å²) >= 11 is 1.61. The number of amides is 1. The second-order valence-corrected chi connectivity index (χ2v) is 6.06. The lowest BCUT2D eigenvalue weighted by molar-refractivity contribution is -0.115. The van der Waals surface area contributed by atoms with E-state index in [-0.39, 0.29) is 18.0 Å². The number of hydrogen-bond acceptors (Lipinski definition) is 6. The summed E-state index contributed by atoms with van der Waals surface area (Å²) in [5.41, 5.74) is 0.690. The van der Waals surface area contributed by atoms with Gasteiger partial charge in [-0.1, -0.05) is 12.1 Å². The van der Waals surface area contributed by atoms with E-state index in [0.29, 0.717) is 11.6 Å². The van der Waals surface area contributed by atoms with Gasteiger partial charge in [0, 0.05) is 17.1 Å². The molecule has 1 atom stereocenters. The van der Waals surface area contributed by atoms with Crippen molar-refractivity contribution in [1.82, 2.24) is 15.5 Å². The molecule has 0 aromatic carbocycles. The van der Waals surface area contributed by atoms with Crippen LogP contribution in [0.3, 0.4) is 0 Å². The van der Waals surface area contributed by atoms with Crippen LogP contribution in [0.4, 0.5) is 5.82 Å². The molecule has 0 radical (unpaired) electrons. The number of anilines is 1. The standard InChI is InChI=1S/C14H20N4O2S/c1-5-14(4,13-16-9(2)8-21-13)15-7-12(19)17-11-6-10(3)20-18-11/h6,8,15H,5,7H2,1-4H3,(H,17,18,19)/t14-/m1/s1. The largest absolute Gasteiger partial charge is 0.360 e. The molecule has 0 aliphatic carbocycles. The zero-order valence-electron chi connectivity index (χ0n) is 12.7. The summed E-state index contributed by atoms with van der Waals surface area (Å²) in [5, 5.41) is 12.7. The zero-order chi connectivity index (χ0) is 15.5. The summed E-state index contributed by atoms with van der Waals surface area (Å²) in [4.78, 5) is 16.5. The second-order valence-electron chi connectivity index (χ2n) is 5.20. The molecule has 0 bridgehead atoms. The molecule has 21 heavy (non-hydrogen) atoms. The average Bonchev–Trinajstić information content (AvgIpc) is 3.05. The van der Waals surface area contributed by atoms with Crippen molar-refractivity contribution in [2.45, 2.75) is 39.7 Å². The molecule has 0 aliphatic heterocycles. The van der Waals surface area contributed by atoms with E-state index in [1.165, 1.54) is 0 Å². The highest BCUT2D eigenvalue weighted by molar-refractivity contribution is 7.09. The molecule has 7 heteroatoms. The minimum atomic E-state index is -0.310. The van der Waals surface area contributed by atoms with Crippen LogP contribution in [0, 0.1) is 13.8 Å². The Bertz CT molecular complexity index is 622. The molecular weight excluding hydrogens is 288 g/mol. The van der Waals surface area contributed by atoms with Gasteiger partial charge in [-0.3, -0.25) is 10.1 Å². The smallest absolute Gasteiger partial charge is 0.239 e. The van der Waals surface area contributed by atoms with Crippen LogP contribution in [0.15, 0.2) is 16.0 Å². The molecule has 6 nitrogen and oxygen atoms in total. The normalized spacial score (nSPS) is 13.9. The molecule has 2 aromatic rings. The molecule has 2 heterocycles. The first kappa shape index (κ1) is 15.7. The van der Waals surface area contributed by atoms with E-state index in [0.717, 1.165) is 17.1 Å². The lowest BCUT2D eigenvalue weighted by atomic mass is 10.00. The van der Waals surface area contributed by atoms with Crippen LogP contribution < -0.4 is 10.6 Å². The van der Waals surface area contributed by atoms with E-state index in [9.17, 15) is 4.79 Å². The van der Waals surface area contributed by atoms with E-state index >= 15 is 0 Å². The average molecular weight is 308 g/mol. The Labute approximate surface area is 127 Å². The third-order valence-electron chi connectivity index (χ3n) is 3.33. The van der Waals surface area contributed by atoms with Gasteiger partial charge in [-0.2, -0.15) is 0 Å². The van der Waals surface area contributed by atoms with Crippen molar-refractivity contribution in [1.29, 1.82) is 0 Å². The number of rotatable bonds is 6. The topological polar surface area (TPSA) is 80.0 Å². The van der Waals surface area contributed by atoms with Crippen molar-refractivity contribution in [3.63, 3.8) is 0 Å². The number of nitrogens with zero attached hydrogens (tertiary/aromatic N) is 2. The molecule has 2 rings (SSSR count). The Morgan fingerprint density at radius 1 is 1.48 bits per heavy atom. The fourth-order valence-corrected chi connectivity index (χ4v) is 2.86. The van der Waals surface area contributed by atoms with Crippen LogP contribution in [-0.2, 0) is 10.3 Å². The fraction of sp³-hybridized carbons (Fsp3) is 0.500. The first-order valence-corrected chi connectivity index (χ1v) is 7.71. The molecule has 114 valence electrons. The van der Waals surface area contributed by atoms with Crippen molar-refractivity contribution in [2.75, 3.05) is 11.9 Å². The van der Waals surface area contributed by atoms with Gasteiger partial charge in [0.05, 0.1) is 12.1 Å². The lowest BCUT2D eigenvalue weighted by Crippen LogP contribution is -2.43. The van der Waals surface area contributed by atoms with E-state index in [2.05, 4.69) is 34.6 Å². The summed E-state index contributed by atoms with van der Waals surface area (Å²) in [6.07, 6.45) is 0.844. The van der Waals surface area contributed by atoms with Gasteiger partial charge in [-0.25, -0.2) is 4.98 Å². The minimum Gasteiger partial charge on any atom is -0.360 e. The predicted molar refractivity (Wildman–Crippen MR) is 82.4 cm³/mol. The maximum atomic E-state index is 11.9. The Morgan fingerprint density at radius 3 is 2.76 bits per heavy atom. The highest BCUT2D eigenvalue weighted by Gasteiger charge is 2.28. The molecule has 0 aliphatic rings. The molecule has 1 amide bonds. The number of nitrogens with one attached hydrogen (secondary N) is 2. The minimum absolute atomic E-state index is 0.156. The third-order valence-corrected chi connectivity index (χ3v) is 4.56. The Kier molecular flexibility index (Phi) is 4.74. The Morgan fingerprint density at radius 2 is 2.24 bits per heavy atom. The van der Waals surface area contributed by atoms with E-state index in [1.807, 2.05) is 12.3 Å². The summed E-state index contributed by atoms with van der Waals surface area (Å²) in [6, 6.07) is 1.68. The quantitative estimate of drug-likeness (QED) is 0.857. The second kappa shape index (κ2) is 6.36. The number of carbonyl (C=O) groups excluding carboxylic acids is 1. The molecular formula is C14H20N4O2S. The predicted octanol–water partition coefficient (Wildman–Crippen LogP) is 2.60. The Hall–Kier alpha value is -1.73.